The SMILES string of the molecule is CC(C)CCOS(=O)(=O)O.CCOCC.OCCOCCOCCO. The molecular formula is C15H36O9S. The van der Waals surface area contributed by atoms with E-state index in [1.54, 1.807) is 0 Å². The summed E-state index contributed by atoms with van der Waals surface area (Å²) in [5.74, 6) is 0.377. The minimum Gasteiger partial charge on any atom is -0.394 e. The summed E-state index contributed by atoms with van der Waals surface area (Å²) in [6.07, 6.45) is 0.625. The van der Waals surface area contributed by atoms with Gasteiger partial charge in [0.05, 0.1) is 46.2 Å². The molecule has 9 nitrogen and oxygen atoms in total. The maximum Gasteiger partial charge on any atom is 0.397 e. The number of hydrogen-bond donors (Lipinski definition) is 3. The van der Waals surface area contributed by atoms with Crippen LogP contribution in [0.2, 0.25) is 0 Å². The highest BCUT2D eigenvalue weighted by atomic mass is 32.3. The van der Waals surface area contributed by atoms with E-state index >= 15 is 0 Å². The Morgan fingerprint density at radius 2 is 1.24 bits per heavy atom. The van der Waals surface area contributed by atoms with Crippen LogP contribution in [-0.2, 0) is 28.8 Å². The van der Waals surface area contributed by atoms with E-state index < -0.39 is 10.4 Å². The number of rotatable bonds is 13. The van der Waals surface area contributed by atoms with Crippen LogP contribution in [0.5, 0.6) is 0 Å². The lowest BCUT2D eigenvalue weighted by Gasteiger charge is -2.01. The predicted octanol–water partition coefficient (Wildman–Crippen LogP) is 0.899. The van der Waals surface area contributed by atoms with Gasteiger partial charge in [0.25, 0.3) is 0 Å². The van der Waals surface area contributed by atoms with Gasteiger partial charge in [0.1, 0.15) is 0 Å². The number of aliphatic hydroxyl groups excluding tert-OH is 2. The standard InChI is InChI=1S/C6H14O4.C5H12O4S.C4H10O/c7-1-3-9-5-6-10-4-2-8;1-5(2)3-4-9-10(6,7)8;1-3-5-4-2/h7-8H,1-6H2;5H,3-4H2,1-2H3,(H,6,7,8);3-4H2,1-2H3. The summed E-state index contributed by atoms with van der Waals surface area (Å²) in [6.45, 7) is 11.3. The molecule has 0 fully saturated rings. The van der Waals surface area contributed by atoms with Gasteiger partial charge in [0.2, 0.25) is 0 Å². The molecule has 0 spiro atoms. The topological polar surface area (TPSA) is 132 Å². The predicted molar refractivity (Wildman–Crippen MR) is 94.9 cm³/mol. The molecule has 10 heteroatoms. The van der Waals surface area contributed by atoms with Crippen molar-refractivity contribution in [3.05, 3.63) is 0 Å². The van der Waals surface area contributed by atoms with E-state index in [2.05, 4.69) is 4.18 Å². The third-order valence-corrected chi connectivity index (χ3v) is 2.64. The van der Waals surface area contributed by atoms with E-state index in [0.717, 1.165) is 13.2 Å². The van der Waals surface area contributed by atoms with Crippen molar-refractivity contribution in [2.24, 2.45) is 5.92 Å². The van der Waals surface area contributed by atoms with E-state index in [-0.39, 0.29) is 19.8 Å². The lowest BCUT2D eigenvalue weighted by Crippen LogP contribution is -2.09. The zero-order valence-corrected chi connectivity index (χ0v) is 16.7. The van der Waals surface area contributed by atoms with E-state index in [9.17, 15) is 8.42 Å². The molecule has 0 unspecified atom stereocenters. The molecule has 0 atom stereocenters. The van der Waals surface area contributed by atoms with Crippen molar-refractivity contribution in [3.8, 4) is 0 Å². The smallest absolute Gasteiger partial charge is 0.394 e. The maximum absolute atomic E-state index is 9.95. The van der Waals surface area contributed by atoms with Crippen molar-refractivity contribution < 1.29 is 41.6 Å². The van der Waals surface area contributed by atoms with E-state index in [0.29, 0.717) is 38.8 Å². The molecular weight excluding hydrogens is 356 g/mol. The van der Waals surface area contributed by atoms with Gasteiger partial charge in [0, 0.05) is 13.2 Å². The van der Waals surface area contributed by atoms with Crippen LogP contribution in [-0.4, -0.2) is 82.6 Å². The Hall–Kier alpha value is -0.330. The van der Waals surface area contributed by atoms with Gasteiger partial charge in [-0.2, -0.15) is 8.42 Å². The first kappa shape index (κ1) is 29.4. The average molecular weight is 393 g/mol. The quantitative estimate of drug-likeness (QED) is 0.309. The van der Waals surface area contributed by atoms with Gasteiger partial charge in [0.15, 0.2) is 0 Å². The molecule has 0 radical (unpaired) electrons. The zero-order valence-electron chi connectivity index (χ0n) is 15.8. The fraction of sp³-hybridized carbons (Fsp3) is 1.00. The van der Waals surface area contributed by atoms with Gasteiger partial charge in [-0.05, 0) is 26.2 Å². The lowest BCUT2D eigenvalue weighted by molar-refractivity contribution is 0.0222. The van der Waals surface area contributed by atoms with Crippen molar-refractivity contribution >= 4 is 10.4 Å². The second kappa shape index (κ2) is 23.7. The van der Waals surface area contributed by atoms with E-state index in [1.165, 1.54) is 0 Å². The Balaban J connectivity index is -0.000000308. The van der Waals surface area contributed by atoms with Crippen molar-refractivity contribution in [1.82, 2.24) is 0 Å². The van der Waals surface area contributed by atoms with Crippen LogP contribution < -0.4 is 0 Å². The van der Waals surface area contributed by atoms with Gasteiger partial charge < -0.3 is 24.4 Å². The van der Waals surface area contributed by atoms with Crippen molar-refractivity contribution in [1.29, 1.82) is 0 Å². The summed E-state index contributed by atoms with van der Waals surface area (Å²) in [6, 6.07) is 0. The molecule has 0 aliphatic carbocycles. The molecule has 25 heavy (non-hydrogen) atoms. The fourth-order valence-corrected chi connectivity index (χ4v) is 1.35. The molecule has 0 rings (SSSR count). The van der Waals surface area contributed by atoms with Crippen LogP contribution >= 0.6 is 0 Å². The molecule has 0 heterocycles. The van der Waals surface area contributed by atoms with Gasteiger partial charge in [-0.3, -0.25) is 4.55 Å². The first-order valence-corrected chi connectivity index (χ1v) is 9.68. The highest BCUT2D eigenvalue weighted by Gasteiger charge is 2.03. The second-order valence-electron chi connectivity index (χ2n) is 4.89. The highest BCUT2D eigenvalue weighted by Crippen LogP contribution is 2.00. The monoisotopic (exact) mass is 392 g/mol. The summed E-state index contributed by atoms with van der Waals surface area (Å²) >= 11 is 0. The van der Waals surface area contributed by atoms with Crippen LogP contribution in [0, 0.1) is 5.92 Å². The van der Waals surface area contributed by atoms with E-state index in [1.807, 2.05) is 27.7 Å². The molecule has 0 aliphatic heterocycles. The van der Waals surface area contributed by atoms with Gasteiger partial charge in [-0.15, -0.1) is 0 Å². The fourth-order valence-electron chi connectivity index (χ4n) is 1.04. The first-order chi connectivity index (χ1) is 11.7. The van der Waals surface area contributed by atoms with Crippen LogP contribution in [0.1, 0.15) is 34.1 Å². The Morgan fingerprint density at radius 1 is 0.800 bits per heavy atom. The van der Waals surface area contributed by atoms with Crippen LogP contribution in [0.25, 0.3) is 0 Å². The summed E-state index contributed by atoms with van der Waals surface area (Å²) in [5, 5.41) is 16.5. The minimum atomic E-state index is -4.22. The highest BCUT2D eigenvalue weighted by molar-refractivity contribution is 7.80. The molecule has 0 bridgehead atoms. The molecule has 0 amide bonds. The number of ether oxygens (including phenoxy) is 3. The molecule has 0 saturated carbocycles. The van der Waals surface area contributed by atoms with Gasteiger partial charge in [-0.25, -0.2) is 4.18 Å². The second-order valence-corrected chi connectivity index (χ2v) is 5.98. The summed E-state index contributed by atoms with van der Waals surface area (Å²) in [5.41, 5.74) is 0. The summed E-state index contributed by atoms with van der Waals surface area (Å²) in [4.78, 5) is 0. The van der Waals surface area contributed by atoms with Gasteiger partial charge >= 0.3 is 10.4 Å². The third kappa shape index (κ3) is 45.3. The van der Waals surface area contributed by atoms with Crippen LogP contribution in [0.4, 0.5) is 0 Å². The van der Waals surface area contributed by atoms with Gasteiger partial charge in [-0.1, -0.05) is 13.8 Å². The first-order valence-electron chi connectivity index (χ1n) is 8.31. The molecule has 156 valence electrons. The third-order valence-electron chi connectivity index (χ3n) is 2.18. The Morgan fingerprint density at radius 3 is 1.48 bits per heavy atom. The van der Waals surface area contributed by atoms with Crippen LogP contribution in [0.3, 0.4) is 0 Å². The normalized spacial score (nSPS) is 10.7. The molecule has 0 saturated heterocycles. The average Bonchev–Trinajstić information content (AvgIpc) is 2.51. The Bertz CT molecular complexity index is 311. The number of hydrogen-bond acceptors (Lipinski definition) is 8. The Labute approximate surface area is 152 Å². The van der Waals surface area contributed by atoms with Crippen molar-refractivity contribution in [3.63, 3.8) is 0 Å². The molecule has 3 N–H and O–H groups in total. The van der Waals surface area contributed by atoms with Crippen molar-refractivity contribution in [2.75, 3.05) is 59.5 Å². The summed E-state index contributed by atoms with van der Waals surface area (Å²) in [7, 11) is -4.22. The Kier molecular flexibility index (Phi) is 27.9. The summed E-state index contributed by atoms with van der Waals surface area (Å²) < 4.78 is 46.6. The van der Waals surface area contributed by atoms with Crippen molar-refractivity contribution in [2.45, 2.75) is 34.1 Å². The molecule has 0 aromatic heterocycles. The zero-order chi connectivity index (χ0) is 20.0. The number of aliphatic hydroxyl groups is 2. The molecule has 0 aliphatic rings. The maximum atomic E-state index is 9.95. The van der Waals surface area contributed by atoms with E-state index in [4.69, 9.17) is 29.0 Å². The van der Waals surface area contributed by atoms with Crippen LogP contribution in [0.15, 0.2) is 0 Å². The largest absolute Gasteiger partial charge is 0.397 e. The molecule has 0 aromatic carbocycles. The lowest BCUT2D eigenvalue weighted by atomic mass is 10.2. The molecule has 0 aromatic rings. The minimum absolute atomic E-state index is 0.0417.